The quantitative estimate of drug-likeness (QED) is 0.843. The normalized spacial score (nSPS) is 23.2. The minimum atomic E-state index is -0.0208. The summed E-state index contributed by atoms with van der Waals surface area (Å²) in [6.07, 6.45) is 3.82. The van der Waals surface area contributed by atoms with E-state index < -0.39 is 0 Å². The molecule has 1 aliphatic heterocycles. The lowest BCUT2D eigenvalue weighted by molar-refractivity contribution is 0.119. The van der Waals surface area contributed by atoms with Gasteiger partial charge in [0.15, 0.2) is 0 Å². The van der Waals surface area contributed by atoms with Gasteiger partial charge in [0.05, 0.1) is 6.10 Å². The third kappa shape index (κ3) is 4.57. The molecule has 2 aliphatic rings. The number of methoxy groups -OCH3 is 1. The van der Waals surface area contributed by atoms with Gasteiger partial charge in [-0.25, -0.2) is 4.39 Å². The minimum absolute atomic E-state index is 0.0208. The van der Waals surface area contributed by atoms with Gasteiger partial charge in [-0.2, -0.15) is 0 Å². The van der Waals surface area contributed by atoms with E-state index in [0.29, 0.717) is 12.0 Å². The highest BCUT2D eigenvalue weighted by Crippen LogP contribution is 2.33. The van der Waals surface area contributed by atoms with Crippen molar-refractivity contribution in [3.05, 3.63) is 35.1 Å². The highest BCUT2D eigenvalue weighted by atomic mass is 19.1. The van der Waals surface area contributed by atoms with Crippen LogP contribution in [0.25, 0.3) is 0 Å². The number of ether oxygens (including phenoxy) is 1. The van der Waals surface area contributed by atoms with E-state index in [2.05, 4.69) is 12.2 Å². The molecule has 114 valence electrons. The Morgan fingerprint density at radius 2 is 2.00 bits per heavy atom. The zero-order valence-corrected chi connectivity index (χ0v) is 13.2. The fraction of sp³-hybridized carbons (Fsp3) is 0.647. The molecule has 3 heteroatoms. The van der Waals surface area contributed by atoms with Crippen LogP contribution in [0.1, 0.15) is 50.7 Å². The number of hydrogen-bond donors (Lipinski definition) is 1. The number of nitrogens with one attached hydrogen (secondary N) is 1. The Bertz CT molecular complexity index is 389. The van der Waals surface area contributed by atoms with Crippen LogP contribution in [0.3, 0.4) is 0 Å². The Kier molecular flexibility index (Phi) is 7.78. The van der Waals surface area contributed by atoms with Crippen molar-refractivity contribution in [2.24, 2.45) is 0 Å². The van der Waals surface area contributed by atoms with Gasteiger partial charge in [-0.05, 0) is 48.9 Å². The molecular weight excluding hydrogens is 253 g/mol. The molecule has 20 heavy (non-hydrogen) atoms. The molecule has 0 radical (unpaired) electrons. The van der Waals surface area contributed by atoms with Gasteiger partial charge in [-0.15, -0.1) is 0 Å². The minimum Gasteiger partial charge on any atom is -0.380 e. The highest BCUT2D eigenvalue weighted by molar-refractivity contribution is 5.35. The van der Waals surface area contributed by atoms with E-state index in [0.717, 1.165) is 31.5 Å². The molecule has 0 amide bonds. The third-order valence-corrected chi connectivity index (χ3v) is 3.83. The second kappa shape index (κ2) is 9.09. The molecule has 1 aromatic rings. The van der Waals surface area contributed by atoms with E-state index in [1.165, 1.54) is 12.0 Å². The van der Waals surface area contributed by atoms with Crippen molar-refractivity contribution in [1.29, 1.82) is 0 Å². The van der Waals surface area contributed by atoms with Crippen molar-refractivity contribution in [3.63, 3.8) is 0 Å². The lowest BCUT2D eigenvalue weighted by Crippen LogP contribution is -2.14. The number of benzene rings is 1. The van der Waals surface area contributed by atoms with Gasteiger partial charge in [-0.1, -0.05) is 32.9 Å². The molecule has 2 atom stereocenters. The highest BCUT2D eigenvalue weighted by Gasteiger charge is 2.21. The molecule has 1 saturated heterocycles. The van der Waals surface area contributed by atoms with Gasteiger partial charge in [0.2, 0.25) is 0 Å². The lowest BCUT2D eigenvalue weighted by Gasteiger charge is -2.04. The number of aryl methyl sites for hydroxylation is 1. The van der Waals surface area contributed by atoms with Crippen molar-refractivity contribution in [2.45, 2.75) is 52.1 Å². The zero-order valence-electron chi connectivity index (χ0n) is 13.2. The second-order valence-electron chi connectivity index (χ2n) is 5.10. The van der Waals surface area contributed by atoms with Crippen LogP contribution in [-0.2, 0) is 11.2 Å². The molecule has 0 aromatic heterocycles. The van der Waals surface area contributed by atoms with Crippen LogP contribution >= 0.6 is 0 Å². The van der Waals surface area contributed by atoms with Gasteiger partial charge in [-0.3, -0.25) is 0 Å². The van der Waals surface area contributed by atoms with Crippen molar-refractivity contribution >= 4 is 0 Å². The summed E-state index contributed by atoms with van der Waals surface area (Å²) in [4.78, 5) is 0. The number of halogens is 1. The zero-order chi connectivity index (χ0) is 15.0. The number of hydrogen-bond acceptors (Lipinski definition) is 2. The Morgan fingerprint density at radius 1 is 1.25 bits per heavy atom. The van der Waals surface area contributed by atoms with Crippen LogP contribution < -0.4 is 5.32 Å². The molecule has 2 nitrogen and oxygen atoms in total. The molecule has 0 unspecified atom stereocenters. The smallest absolute Gasteiger partial charge is 0.126 e. The molecule has 1 aromatic carbocycles. The van der Waals surface area contributed by atoms with E-state index in [4.69, 9.17) is 4.74 Å². The second-order valence-corrected chi connectivity index (χ2v) is 5.10. The van der Waals surface area contributed by atoms with E-state index in [9.17, 15) is 4.39 Å². The summed E-state index contributed by atoms with van der Waals surface area (Å²) < 4.78 is 18.2. The van der Waals surface area contributed by atoms with Crippen LogP contribution in [-0.4, -0.2) is 26.3 Å². The average molecular weight is 281 g/mol. The lowest BCUT2D eigenvalue weighted by atomic mass is 10.0. The first-order valence-electron chi connectivity index (χ1n) is 7.73. The topological polar surface area (TPSA) is 21.3 Å². The van der Waals surface area contributed by atoms with E-state index >= 15 is 0 Å². The van der Waals surface area contributed by atoms with Crippen LogP contribution in [0.5, 0.6) is 0 Å². The molecule has 1 N–H and O–H groups in total. The van der Waals surface area contributed by atoms with Crippen molar-refractivity contribution in [3.8, 4) is 0 Å². The molecule has 0 saturated carbocycles. The first-order valence-corrected chi connectivity index (χ1v) is 7.73. The summed E-state index contributed by atoms with van der Waals surface area (Å²) in [6, 6.07) is 5.38. The maximum absolute atomic E-state index is 13.1. The molecule has 0 spiro atoms. The largest absolute Gasteiger partial charge is 0.380 e. The Morgan fingerprint density at radius 3 is 2.50 bits per heavy atom. The fourth-order valence-corrected chi connectivity index (χ4v) is 2.70. The average Bonchev–Trinajstić information content (AvgIpc) is 3.12. The Balaban J connectivity index is 0.000000193. The van der Waals surface area contributed by atoms with Crippen LogP contribution in [0, 0.1) is 5.82 Å². The Hall–Kier alpha value is -0.930. The van der Waals surface area contributed by atoms with Gasteiger partial charge in [0.25, 0.3) is 0 Å². The van der Waals surface area contributed by atoms with Crippen LogP contribution in [0.15, 0.2) is 18.2 Å². The molecule has 1 fully saturated rings. The first kappa shape index (κ1) is 17.1. The summed E-state index contributed by atoms with van der Waals surface area (Å²) in [5.74, 6) is 0.402. The first-order chi connectivity index (χ1) is 9.72. The molecule has 0 bridgehead atoms. The van der Waals surface area contributed by atoms with Crippen LogP contribution in [0.2, 0.25) is 0 Å². The molecule has 1 aliphatic carbocycles. The summed E-state index contributed by atoms with van der Waals surface area (Å²) in [6.45, 7) is 8.25. The van der Waals surface area contributed by atoms with Gasteiger partial charge in [0.1, 0.15) is 5.82 Å². The van der Waals surface area contributed by atoms with Crippen molar-refractivity contribution < 1.29 is 9.13 Å². The van der Waals surface area contributed by atoms with E-state index in [-0.39, 0.29) is 5.82 Å². The standard InChI is InChI=1S/C10H11F.C5H11NO.C2H6/c1-7-5-6-8-3-2-4-9(11)10(7)8;1-7-5-2-3-6-4-5;1-2/h2-4,7H,5-6H2,1H3;5-6H,2-4H2,1H3;1-2H3/t7-;5-;/m01./s1. The number of rotatable bonds is 1. The summed E-state index contributed by atoms with van der Waals surface area (Å²) in [7, 11) is 1.76. The summed E-state index contributed by atoms with van der Waals surface area (Å²) in [5, 5.41) is 3.20. The molecule has 1 heterocycles. The molecule has 3 rings (SSSR count). The Labute approximate surface area is 122 Å². The summed E-state index contributed by atoms with van der Waals surface area (Å²) >= 11 is 0. The predicted molar refractivity (Wildman–Crippen MR) is 82.8 cm³/mol. The van der Waals surface area contributed by atoms with Gasteiger partial charge < -0.3 is 10.1 Å². The van der Waals surface area contributed by atoms with Crippen LogP contribution in [0.4, 0.5) is 4.39 Å². The predicted octanol–water partition coefficient (Wildman–Crippen LogP) is 3.90. The molecular formula is C17H28FNO. The fourth-order valence-electron chi connectivity index (χ4n) is 2.70. The maximum Gasteiger partial charge on any atom is 0.126 e. The van der Waals surface area contributed by atoms with Crippen molar-refractivity contribution in [2.75, 3.05) is 20.2 Å². The van der Waals surface area contributed by atoms with Gasteiger partial charge in [0, 0.05) is 13.7 Å². The SMILES string of the molecule is CC.CO[C@@H]1CCNC1.C[C@H]1CCc2cccc(F)c21. The van der Waals surface area contributed by atoms with Crippen molar-refractivity contribution in [1.82, 2.24) is 5.32 Å². The maximum atomic E-state index is 13.1. The van der Waals surface area contributed by atoms with Gasteiger partial charge >= 0.3 is 0 Å². The monoisotopic (exact) mass is 281 g/mol. The summed E-state index contributed by atoms with van der Waals surface area (Å²) in [5.41, 5.74) is 2.16. The third-order valence-electron chi connectivity index (χ3n) is 3.83. The van der Waals surface area contributed by atoms with E-state index in [1.54, 1.807) is 19.2 Å². The number of fused-ring (bicyclic) bond motifs is 1. The van der Waals surface area contributed by atoms with E-state index in [1.807, 2.05) is 19.9 Å².